The average Bonchev–Trinajstić information content (AvgIpc) is 3.31. The van der Waals surface area contributed by atoms with Gasteiger partial charge in [0.25, 0.3) is 0 Å². The van der Waals surface area contributed by atoms with E-state index in [0.717, 1.165) is 22.5 Å². The predicted molar refractivity (Wildman–Crippen MR) is 119 cm³/mol. The van der Waals surface area contributed by atoms with E-state index in [2.05, 4.69) is 30.3 Å². The molecule has 30 heavy (non-hydrogen) atoms. The molecule has 0 aromatic heterocycles. The van der Waals surface area contributed by atoms with Crippen LogP contribution >= 0.6 is 0 Å². The lowest BCUT2D eigenvalue weighted by Crippen LogP contribution is -2.31. The summed E-state index contributed by atoms with van der Waals surface area (Å²) in [7, 11) is -3.27. The van der Waals surface area contributed by atoms with Gasteiger partial charge in [0.05, 0.1) is 11.9 Å². The van der Waals surface area contributed by atoms with Gasteiger partial charge >= 0.3 is 6.03 Å². The molecule has 7 heteroatoms. The summed E-state index contributed by atoms with van der Waals surface area (Å²) in [6.07, 6.45) is 1.89. The lowest BCUT2D eigenvalue weighted by atomic mass is 10.1. The molecule has 0 radical (unpaired) electrons. The third kappa shape index (κ3) is 3.29. The van der Waals surface area contributed by atoms with Crippen LogP contribution < -0.4 is 9.21 Å². The maximum absolute atomic E-state index is 13.0. The van der Waals surface area contributed by atoms with E-state index in [1.807, 2.05) is 35.2 Å². The van der Waals surface area contributed by atoms with Gasteiger partial charge in [0, 0.05) is 31.9 Å². The molecule has 0 saturated carbocycles. The molecule has 2 aliphatic rings. The van der Waals surface area contributed by atoms with Gasteiger partial charge in [-0.3, -0.25) is 9.21 Å². The summed E-state index contributed by atoms with van der Waals surface area (Å²) < 4.78 is 25.3. The van der Waals surface area contributed by atoms with Gasteiger partial charge in [-0.2, -0.15) is 0 Å². The maximum Gasteiger partial charge on any atom is 0.324 e. The van der Waals surface area contributed by atoms with Gasteiger partial charge in [0.1, 0.15) is 0 Å². The highest BCUT2D eigenvalue weighted by Gasteiger charge is 2.32. The van der Waals surface area contributed by atoms with Crippen LogP contribution in [0.5, 0.6) is 0 Å². The van der Waals surface area contributed by atoms with Gasteiger partial charge in [0.2, 0.25) is 10.0 Å². The van der Waals surface area contributed by atoms with Gasteiger partial charge in [-0.25, -0.2) is 13.2 Å². The fraction of sp³-hybridized carbons (Fsp3) is 0.261. The van der Waals surface area contributed by atoms with Crippen molar-refractivity contribution >= 4 is 38.2 Å². The van der Waals surface area contributed by atoms with E-state index in [9.17, 15) is 13.2 Å². The molecule has 1 fully saturated rings. The van der Waals surface area contributed by atoms with E-state index in [1.54, 1.807) is 4.90 Å². The van der Waals surface area contributed by atoms with Crippen LogP contribution in [0.15, 0.2) is 60.7 Å². The highest BCUT2D eigenvalue weighted by Crippen LogP contribution is 2.34. The first-order valence-corrected chi connectivity index (χ1v) is 11.9. The van der Waals surface area contributed by atoms with Gasteiger partial charge in [-0.1, -0.05) is 36.4 Å². The number of benzene rings is 3. The van der Waals surface area contributed by atoms with Crippen molar-refractivity contribution in [2.75, 3.05) is 35.1 Å². The Morgan fingerprint density at radius 2 is 1.70 bits per heavy atom. The van der Waals surface area contributed by atoms with Crippen LogP contribution in [0.1, 0.15) is 11.1 Å². The van der Waals surface area contributed by atoms with Gasteiger partial charge in [0.15, 0.2) is 0 Å². The third-order valence-corrected chi connectivity index (χ3v) is 7.09. The SMILES string of the molecule is CS(=O)(=O)N1CCc2cc(N3CCN(Cc4ccc5ccccc5c4)C3=O)ccc21. The lowest BCUT2D eigenvalue weighted by Gasteiger charge is -2.21. The van der Waals surface area contributed by atoms with Crippen LogP contribution in [-0.4, -0.2) is 45.2 Å². The van der Waals surface area contributed by atoms with Crippen molar-refractivity contribution in [2.45, 2.75) is 13.0 Å². The van der Waals surface area contributed by atoms with Crippen LogP contribution in [0, 0.1) is 0 Å². The number of hydrogen-bond donors (Lipinski definition) is 0. The summed E-state index contributed by atoms with van der Waals surface area (Å²) in [5.74, 6) is 0. The third-order valence-electron chi connectivity index (χ3n) is 5.91. The van der Waals surface area contributed by atoms with E-state index in [-0.39, 0.29) is 6.03 Å². The Hall–Kier alpha value is -3.06. The standard InChI is InChI=1S/C23H23N3O3S/c1-30(28,29)26-11-10-20-15-21(8-9-22(20)26)25-13-12-24(23(25)27)16-17-6-7-18-4-2-3-5-19(18)14-17/h2-9,14-15H,10-13,16H2,1H3. The molecule has 3 aromatic rings. The molecule has 5 rings (SSSR count). The molecule has 0 N–H and O–H groups in total. The molecule has 2 aliphatic heterocycles. The van der Waals surface area contributed by atoms with Crippen LogP contribution in [-0.2, 0) is 23.0 Å². The van der Waals surface area contributed by atoms with Gasteiger partial charge in [-0.15, -0.1) is 0 Å². The molecule has 2 amide bonds. The predicted octanol–water partition coefficient (Wildman–Crippen LogP) is 3.60. The first-order chi connectivity index (χ1) is 14.4. The smallest absolute Gasteiger partial charge is 0.318 e. The fourth-order valence-corrected chi connectivity index (χ4v) is 5.36. The second-order valence-electron chi connectivity index (χ2n) is 7.94. The lowest BCUT2D eigenvalue weighted by molar-refractivity contribution is 0.219. The second kappa shape index (κ2) is 7.02. The van der Waals surface area contributed by atoms with E-state index < -0.39 is 10.0 Å². The van der Waals surface area contributed by atoms with Crippen molar-refractivity contribution in [1.29, 1.82) is 0 Å². The van der Waals surface area contributed by atoms with Crippen LogP contribution in [0.3, 0.4) is 0 Å². The normalized spacial score (nSPS) is 16.6. The minimum Gasteiger partial charge on any atom is -0.318 e. The van der Waals surface area contributed by atoms with Crippen molar-refractivity contribution in [3.63, 3.8) is 0 Å². The number of rotatable bonds is 4. The largest absolute Gasteiger partial charge is 0.324 e. The summed E-state index contributed by atoms with van der Waals surface area (Å²) >= 11 is 0. The number of carbonyl (C=O) groups excluding carboxylic acids is 1. The number of carbonyl (C=O) groups is 1. The minimum atomic E-state index is -3.27. The molecule has 3 aromatic carbocycles. The number of nitrogens with zero attached hydrogens (tertiary/aromatic N) is 3. The summed E-state index contributed by atoms with van der Waals surface area (Å²) in [4.78, 5) is 16.7. The van der Waals surface area contributed by atoms with Gasteiger partial charge < -0.3 is 4.90 Å². The molecular formula is C23H23N3O3S. The molecule has 0 aliphatic carbocycles. The summed E-state index contributed by atoms with van der Waals surface area (Å²) in [5, 5.41) is 2.37. The number of urea groups is 1. The highest BCUT2D eigenvalue weighted by atomic mass is 32.2. The van der Waals surface area contributed by atoms with Crippen LogP contribution in [0.4, 0.5) is 16.2 Å². The summed E-state index contributed by atoms with van der Waals surface area (Å²) in [6.45, 7) is 2.33. The molecule has 0 atom stereocenters. The maximum atomic E-state index is 13.0. The number of anilines is 2. The molecule has 6 nitrogen and oxygen atoms in total. The topological polar surface area (TPSA) is 60.9 Å². The molecule has 0 unspecified atom stereocenters. The Labute approximate surface area is 176 Å². The minimum absolute atomic E-state index is 0.0129. The monoisotopic (exact) mass is 421 g/mol. The molecule has 0 spiro atoms. The van der Waals surface area contributed by atoms with Crippen LogP contribution in [0.2, 0.25) is 0 Å². The van der Waals surface area contributed by atoms with E-state index in [1.165, 1.54) is 21.3 Å². The zero-order chi connectivity index (χ0) is 20.9. The second-order valence-corrected chi connectivity index (χ2v) is 9.84. The summed E-state index contributed by atoms with van der Waals surface area (Å²) in [5.41, 5.74) is 3.64. The molecular weight excluding hydrogens is 398 g/mol. The molecule has 1 saturated heterocycles. The van der Waals surface area contributed by atoms with Gasteiger partial charge in [-0.05, 0) is 52.6 Å². The number of amides is 2. The average molecular weight is 422 g/mol. The van der Waals surface area contributed by atoms with Crippen LogP contribution in [0.25, 0.3) is 10.8 Å². The fourth-order valence-electron chi connectivity index (χ4n) is 4.40. The first kappa shape index (κ1) is 18.9. The zero-order valence-electron chi connectivity index (χ0n) is 16.8. The van der Waals surface area contributed by atoms with Crippen molar-refractivity contribution in [2.24, 2.45) is 0 Å². The van der Waals surface area contributed by atoms with Crippen molar-refractivity contribution in [3.05, 3.63) is 71.8 Å². The quantitative estimate of drug-likeness (QED) is 0.647. The Morgan fingerprint density at radius 3 is 2.50 bits per heavy atom. The van der Waals surface area contributed by atoms with E-state index in [4.69, 9.17) is 0 Å². The molecule has 2 heterocycles. The highest BCUT2D eigenvalue weighted by molar-refractivity contribution is 7.92. The Bertz CT molecular complexity index is 1260. The number of fused-ring (bicyclic) bond motifs is 2. The van der Waals surface area contributed by atoms with Crippen molar-refractivity contribution < 1.29 is 13.2 Å². The van der Waals surface area contributed by atoms with E-state index in [0.29, 0.717) is 32.6 Å². The Kier molecular flexibility index (Phi) is 4.43. The number of hydrogen-bond acceptors (Lipinski definition) is 3. The Balaban J connectivity index is 1.35. The Morgan fingerprint density at radius 1 is 0.900 bits per heavy atom. The van der Waals surface area contributed by atoms with Crippen molar-refractivity contribution in [3.8, 4) is 0 Å². The summed E-state index contributed by atoms with van der Waals surface area (Å²) in [6, 6.07) is 20.1. The first-order valence-electron chi connectivity index (χ1n) is 10.0. The zero-order valence-corrected chi connectivity index (χ0v) is 17.6. The van der Waals surface area contributed by atoms with E-state index >= 15 is 0 Å². The number of sulfonamides is 1. The molecule has 154 valence electrons. The molecule has 0 bridgehead atoms. The van der Waals surface area contributed by atoms with Crippen molar-refractivity contribution in [1.82, 2.24) is 4.90 Å².